The molecule has 140 valence electrons. The lowest BCUT2D eigenvalue weighted by molar-refractivity contribution is -0.222. The molecule has 0 aromatic heterocycles. The van der Waals surface area contributed by atoms with E-state index in [-0.39, 0.29) is 28.7 Å². The summed E-state index contributed by atoms with van der Waals surface area (Å²) in [6.07, 6.45) is 1.26. The van der Waals surface area contributed by atoms with Crippen LogP contribution in [0, 0.1) is 0 Å². The Morgan fingerprint density at radius 2 is 1.81 bits per heavy atom. The van der Waals surface area contributed by atoms with Crippen molar-refractivity contribution in [3.8, 4) is 11.5 Å². The van der Waals surface area contributed by atoms with Crippen molar-refractivity contribution in [2.24, 2.45) is 0 Å². The molecule has 26 heavy (non-hydrogen) atoms. The van der Waals surface area contributed by atoms with Gasteiger partial charge in [-0.15, -0.1) is 0 Å². The van der Waals surface area contributed by atoms with Gasteiger partial charge >= 0.3 is 17.9 Å². The number of hydrogen-bond acceptors (Lipinski definition) is 8. The molecule has 0 atom stereocenters. The van der Waals surface area contributed by atoms with E-state index in [0.717, 1.165) is 0 Å². The normalized spacial score (nSPS) is 15.7. The number of ether oxygens (including phenoxy) is 5. The van der Waals surface area contributed by atoms with E-state index in [4.69, 9.17) is 30.5 Å². The van der Waals surface area contributed by atoms with Crippen LogP contribution in [0.4, 0.5) is 0 Å². The van der Waals surface area contributed by atoms with Gasteiger partial charge in [0, 0.05) is 13.8 Å². The second-order valence-electron chi connectivity index (χ2n) is 5.64. The highest BCUT2D eigenvalue weighted by atomic mass is 35.5. The Morgan fingerprint density at radius 1 is 1.19 bits per heavy atom. The maximum atomic E-state index is 12.0. The van der Waals surface area contributed by atoms with Crippen LogP contribution in [0.25, 0.3) is 6.08 Å². The molecule has 0 N–H and O–H groups in total. The van der Waals surface area contributed by atoms with Crippen LogP contribution in [-0.4, -0.2) is 44.5 Å². The summed E-state index contributed by atoms with van der Waals surface area (Å²) in [5.41, 5.74) is 0.0894. The summed E-state index contributed by atoms with van der Waals surface area (Å²) in [5.74, 6) is -3.22. The highest BCUT2D eigenvalue weighted by molar-refractivity contribution is 6.32. The molecule has 0 aliphatic carbocycles. The number of benzene rings is 1. The number of rotatable bonds is 5. The smallest absolute Gasteiger partial charge is 0.348 e. The maximum absolute atomic E-state index is 12.0. The fourth-order valence-electron chi connectivity index (χ4n) is 2.10. The molecule has 0 unspecified atom stereocenters. The number of carbonyl (C=O) groups excluding carboxylic acids is 3. The molecule has 1 aromatic rings. The SMILES string of the molecule is COC(=O)COc1c(Cl)cc(C=C2C(=O)OC(C)(C)OC2=O)cc1OC. The van der Waals surface area contributed by atoms with E-state index in [1.807, 2.05) is 0 Å². The molecule has 1 saturated heterocycles. The molecule has 0 spiro atoms. The average Bonchev–Trinajstić information content (AvgIpc) is 2.55. The van der Waals surface area contributed by atoms with Gasteiger partial charge in [-0.25, -0.2) is 14.4 Å². The second-order valence-corrected chi connectivity index (χ2v) is 6.04. The minimum Gasteiger partial charge on any atom is -0.493 e. The van der Waals surface area contributed by atoms with Crippen molar-refractivity contribution in [1.82, 2.24) is 0 Å². The Hall–Kier alpha value is -2.74. The minimum atomic E-state index is -1.33. The van der Waals surface area contributed by atoms with Crippen LogP contribution in [0.5, 0.6) is 11.5 Å². The third-order valence-electron chi connectivity index (χ3n) is 3.24. The summed E-state index contributed by atoms with van der Waals surface area (Å²) in [5, 5.41) is 0.109. The number of cyclic esters (lactones) is 2. The molecule has 0 bridgehead atoms. The molecule has 0 saturated carbocycles. The standard InChI is InChI=1S/C17H17ClO8/c1-17(2)25-15(20)10(16(21)26-17)5-9-6-11(18)14(12(7-9)22-3)24-8-13(19)23-4/h5-7H,8H2,1-4H3. The summed E-state index contributed by atoms with van der Waals surface area (Å²) in [6.45, 7) is 2.54. The monoisotopic (exact) mass is 384 g/mol. The van der Waals surface area contributed by atoms with Gasteiger partial charge in [-0.1, -0.05) is 11.6 Å². The third-order valence-corrected chi connectivity index (χ3v) is 3.52. The zero-order valence-electron chi connectivity index (χ0n) is 14.6. The molecular weight excluding hydrogens is 368 g/mol. The zero-order valence-corrected chi connectivity index (χ0v) is 15.3. The number of esters is 3. The highest BCUT2D eigenvalue weighted by Crippen LogP contribution is 2.37. The Kier molecular flexibility index (Phi) is 5.76. The van der Waals surface area contributed by atoms with E-state index >= 15 is 0 Å². The Bertz CT molecular complexity index is 759. The minimum absolute atomic E-state index is 0.109. The van der Waals surface area contributed by atoms with Crippen LogP contribution in [-0.2, 0) is 28.6 Å². The van der Waals surface area contributed by atoms with Crippen LogP contribution in [0.1, 0.15) is 19.4 Å². The van der Waals surface area contributed by atoms with E-state index in [2.05, 4.69) is 4.74 Å². The Morgan fingerprint density at radius 3 is 2.35 bits per heavy atom. The number of halogens is 1. The molecule has 0 radical (unpaired) electrons. The first-order valence-electron chi connectivity index (χ1n) is 7.42. The highest BCUT2D eigenvalue weighted by Gasteiger charge is 2.38. The lowest BCUT2D eigenvalue weighted by Gasteiger charge is -2.29. The van der Waals surface area contributed by atoms with Crippen molar-refractivity contribution in [3.63, 3.8) is 0 Å². The van der Waals surface area contributed by atoms with E-state index in [9.17, 15) is 14.4 Å². The molecule has 0 amide bonds. The summed E-state index contributed by atoms with van der Waals surface area (Å²) in [4.78, 5) is 35.2. The first kappa shape index (κ1) is 19.6. The van der Waals surface area contributed by atoms with Gasteiger partial charge in [0.25, 0.3) is 5.79 Å². The van der Waals surface area contributed by atoms with Gasteiger partial charge in [-0.3, -0.25) is 0 Å². The predicted molar refractivity (Wildman–Crippen MR) is 89.8 cm³/mol. The van der Waals surface area contributed by atoms with E-state index in [0.29, 0.717) is 5.56 Å². The summed E-state index contributed by atoms with van der Waals surface area (Å²) >= 11 is 6.16. The van der Waals surface area contributed by atoms with Crippen LogP contribution in [0.3, 0.4) is 0 Å². The van der Waals surface area contributed by atoms with Gasteiger partial charge in [0.2, 0.25) is 0 Å². The lowest BCUT2D eigenvalue weighted by Crippen LogP contribution is -2.41. The topological polar surface area (TPSA) is 97.4 Å². The maximum Gasteiger partial charge on any atom is 0.348 e. The van der Waals surface area contributed by atoms with Gasteiger partial charge in [0.05, 0.1) is 19.2 Å². The predicted octanol–water partition coefficient (Wildman–Crippen LogP) is 2.12. The fraction of sp³-hybridized carbons (Fsp3) is 0.353. The van der Waals surface area contributed by atoms with Crippen molar-refractivity contribution >= 4 is 35.6 Å². The van der Waals surface area contributed by atoms with Crippen LogP contribution < -0.4 is 9.47 Å². The van der Waals surface area contributed by atoms with Crippen LogP contribution >= 0.6 is 11.6 Å². The first-order chi connectivity index (χ1) is 12.2. The van der Waals surface area contributed by atoms with Gasteiger partial charge < -0.3 is 23.7 Å². The largest absolute Gasteiger partial charge is 0.493 e. The lowest BCUT2D eigenvalue weighted by atomic mass is 10.1. The second kappa shape index (κ2) is 7.65. The molecule has 1 aliphatic rings. The molecule has 2 rings (SSSR count). The van der Waals surface area contributed by atoms with Gasteiger partial charge in [0.1, 0.15) is 5.57 Å². The van der Waals surface area contributed by atoms with E-state index in [1.165, 1.54) is 46.3 Å². The Balaban J connectivity index is 2.34. The molecule has 8 nitrogen and oxygen atoms in total. The van der Waals surface area contributed by atoms with Gasteiger partial charge in [0.15, 0.2) is 18.1 Å². The summed E-state index contributed by atoms with van der Waals surface area (Å²) in [6, 6.07) is 2.91. The molecule has 1 heterocycles. The molecule has 1 aromatic carbocycles. The van der Waals surface area contributed by atoms with Gasteiger partial charge in [-0.2, -0.15) is 0 Å². The zero-order chi connectivity index (χ0) is 19.5. The van der Waals surface area contributed by atoms with Crippen molar-refractivity contribution in [3.05, 3.63) is 28.3 Å². The van der Waals surface area contributed by atoms with Gasteiger partial charge in [-0.05, 0) is 23.8 Å². The molecular formula is C17H17ClO8. The number of hydrogen-bond donors (Lipinski definition) is 0. The molecule has 9 heteroatoms. The fourth-order valence-corrected chi connectivity index (χ4v) is 2.37. The number of carbonyl (C=O) groups is 3. The summed E-state index contributed by atoms with van der Waals surface area (Å²) in [7, 11) is 2.60. The van der Waals surface area contributed by atoms with Crippen LogP contribution in [0.2, 0.25) is 5.02 Å². The third kappa shape index (κ3) is 4.45. The van der Waals surface area contributed by atoms with Crippen molar-refractivity contribution < 1.29 is 38.1 Å². The van der Waals surface area contributed by atoms with Crippen LogP contribution in [0.15, 0.2) is 17.7 Å². The van der Waals surface area contributed by atoms with E-state index in [1.54, 1.807) is 0 Å². The number of methoxy groups -OCH3 is 2. The van der Waals surface area contributed by atoms with Crippen molar-refractivity contribution in [2.75, 3.05) is 20.8 Å². The van der Waals surface area contributed by atoms with Crippen molar-refractivity contribution in [2.45, 2.75) is 19.6 Å². The molecule has 1 fully saturated rings. The average molecular weight is 385 g/mol. The van der Waals surface area contributed by atoms with E-state index < -0.39 is 23.7 Å². The van der Waals surface area contributed by atoms with Crippen molar-refractivity contribution in [1.29, 1.82) is 0 Å². The quantitative estimate of drug-likeness (QED) is 0.432. The summed E-state index contributed by atoms with van der Waals surface area (Å²) < 4.78 is 25.0. The molecule has 1 aliphatic heterocycles. The first-order valence-corrected chi connectivity index (χ1v) is 7.80. The Labute approximate surface area is 154 Å².